The van der Waals surface area contributed by atoms with Crippen molar-refractivity contribution in [2.24, 2.45) is 0 Å². The standard InChI is InChI=1S/C10H15F3N4S/c1-14-7-6-8(17(2)4-5-18-3)16-9(15-7)10(11,12)13/h6H,4-5H2,1-3H3,(H,14,15,16). The van der Waals surface area contributed by atoms with Crippen LogP contribution in [0.25, 0.3) is 0 Å². The van der Waals surface area contributed by atoms with Gasteiger partial charge in [0.25, 0.3) is 0 Å². The first-order valence-corrected chi connectivity index (χ1v) is 6.62. The van der Waals surface area contributed by atoms with Gasteiger partial charge in [0, 0.05) is 32.5 Å². The Balaban J connectivity index is 3.04. The van der Waals surface area contributed by atoms with E-state index >= 15 is 0 Å². The molecule has 4 nitrogen and oxygen atoms in total. The van der Waals surface area contributed by atoms with Gasteiger partial charge in [-0.15, -0.1) is 0 Å². The molecule has 102 valence electrons. The zero-order chi connectivity index (χ0) is 13.8. The van der Waals surface area contributed by atoms with Crippen LogP contribution in [0.15, 0.2) is 6.07 Å². The zero-order valence-electron chi connectivity index (χ0n) is 10.4. The molecule has 0 aromatic carbocycles. The van der Waals surface area contributed by atoms with Gasteiger partial charge in [0.1, 0.15) is 11.6 Å². The van der Waals surface area contributed by atoms with Crippen LogP contribution < -0.4 is 10.2 Å². The average Bonchev–Trinajstić information content (AvgIpc) is 2.34. The summed E-state index contributed by atoms with van der Waals surface area (Å²) in [6, 6.07) is 1.50. The highest BCUT2D eigenvalue weighted by molar-refractivity contribution is 7.98. The van der Waals surface area contributed by atoms with E-state index in [1.165, 1.54) is 13.1 Å². The molecule has 8 heteroatoms. The Labute approximate surface area is 108 Å². The second kappa shape index (κ2) is 6.12. The fraction of sp³-hybridized carbons (Fsp3) is 0.600. The van der Waals surface area contributed by atoms with Gasteiger partial charge in [-0.2, -0.15) is 24.9 Å². The smallest absolute Gasteiger partial charge is 0.373 e. The molecular weight excluding hydrogens is 265 g/mol. The minimum absolute atomic E-state index is 0.156. The Morgan fingerprint density at radius 3 is 2.56 bits per heavy atom. The third-order valence-corrected chi connectivity index (χ3v) is 2.84. The summed E-state index contributed by atoms with van der Waals surface area (Å²) in [6.45, 7) is 0.624. The van der Waals surface area contributed by atoms with Crippen molar-refractivity contribution in [3.8, 4) is 0 Å². The Kier molecular flexibility index (Phi) is 5.06. The molecule has 0 atom stereocenters. The van der Waals surface area contributed by atoms with E-state index in [-0.39, 0.29) is 11.6 Å². The molecule has 18 heavy (non-hydrogen) atoms. The molecule has 0 spiro atoms. The van der Waals surface area contributed by atoms with E-state index in [9.17, 15) is 13.2 Å². The summed E-state index contributed by atoms with van der Waals surface area (Å²) in [6.07, 6.45) is -2.60. The van der Waals surface area contributed by atoms with Gasteiger partial charge in [-0.05, 0) is 6.26 Å². The molecule has 0 bridgehead atoms. The molecule has 0 aliphatic carbocycles. The minimum Gasteiger partial charge on any atom is -0.373 e. The quantitative estimate of drug-likeness (QED) is 0.896. The molecule has 1 aromatic rings. The molecule has 0 aliphatic rings. The van der Waals surface area contributed by atoms with E-state index in [1.807, 2.05) is 6.26 Å². The van der Waals surface area contributed by atoms with Crippen LogP contribution in [0.5, 0.6) is 0 Å². The summed E-state index contributed by atoms with van der Waals surface area (Å²) >= 11 is 1.62. The number of alkyl halides is 3. The van der Waals surface area contributed by atoms with Gasteiger partial charge >= 0.3 is 6.18 Å². The van der Waals surface area contributed by atoms with Crippen LogP contribution in [0.4, 0.5) is 24.8 Å². The number of hydrogen-bond acceptors (Lipinski definition) is 5. The third-order valence-electron chi connectivity index (χ3n) is 2.24. The summed E-state index contributed by atoms with van der Waals surface area (Å²) in [5.74, 6) is 0.107. The van der Waals surface area contributed by atoms with Gasteiger partial charge in [0.2, 0.25) is 5.82 Å². The maximum atomic E-state index is 12.6. The Morgan fingerprint density at radius 1 is 1.39 bits per heavy atom. The summed E-state index contributed by atoms with van der Waals surface area (Å²) in [7, 11) is 3.23. The van der Waals surface area contributed by atoms with Gasteiger partial charge in [-0.3, -0.25) is 0 Å². The van der Waals surface area contributed by atoms with Crippen LogP contribution in [0, 0.1) is 0 Å². The van der Waals surface area contributed by atoms with Crippen molar-refractivity contribution < 1.29 is 13.2 Å². The minimum atomic E-state index is -4.54. The Hall–Kier alpha value is -1.18. The number of anilines is 2. The number of thioether (sulfide) groups is 1. The van der Waals surface area contributed by atoms with Crippen molar-refractivity contribution in [3.63, 3.8) is 0 Å². The average molecular weight is 280 g/mol. The van der Waals surface area contributed by atoms with Gasteiger partial charge < -0.3 is 10.2 Å². The fourth-order valence-electron chi connectivity index (χ4n) is 1.23. The largest absolute Gasteiger partial charge is 0.451 e. The Bertz CT molecular complexity index is 397. The fourth-order valence-corrected chi connectivity index (χ4v) is 1.68. The second-order valence-corrected chi connectivity index (χ2v) is 4.58. The number of rotatable bonds is 5. The van der Waals surface area contributed by atoms with E-state index in [4.69, 9.17) is 0 Å². The number of hydrogen-bond donors (Lipinski definition) is 1. The molecule has 0 amide bonds. The molecule has 0 fully saturated rings. The molecule has 1 aromatic heterocycles. The van der Waals surface area contributed by atoms with Crippen LogP contribution >= 0.6 is 11.8 Å². The highest BCUT2D eigenvalue weighted by Crippen LogP contribution is 2.28. The zero-order valence-corrected chi connectivity index (χ0v) is 11.2. The molecule has 1 heterocycles. The first-order valence-electron chi connectivity index (χ1n) is 5.22. The van der Waals surface area contributed by atoms with Crippen molar-refractivity contribution in [1.29, 1.82) is 0 Å². The molecule has 0 radical (unpaired) electrons. The summed E-state index contributed by atoms with van der Waals surface area (Å²) in [5.41, 5.74) is 0. The van der Waals surface area contributed by atoms with Crippen LogP contribution in [0.2, 0.25) is 0 Å². The predicted octanol–water partition coefficient (Wildman–Crippen LogP) is 2.34. The lowest BCUT2D eigenvalue weighted by Gasteiger charge is -2.19. The SMILES string of the molecule is CNc1cc(N(C)CCSC)nc(C(F)(F)F)n1. The lowest BCUT2D eigenvalue weighted by Crippen LogP contribution is -2.23. The lowest BCUT2D eigenvalue weighted by molar-refractivity contribution is -0.144. The summed E-state index contributed by atoms with van der Waals surface area (Å²) in [5, 5.41) is 2.61. The number of aromatic nitrogens is 2. The van der Waals surface area contributed by atoms with Crippen molar-refractivity contribution in [2.75, 3.05) is 42.9 Å². The molecular formula is C10H15F3N4S. The monoisotopic (exact) mass is 280 g/mol. The van der Waals surface area contributed by atoms with Gasteiger partial charge in [0.05, 0.1) is 0 Å². The van der Waals surface area contributed by atoms with Crippen LogP contribution in [-0.4, -0.2) is 42.6 Å². The van der Waals surface area contributed by atoms with E-state index < -0.39 is 12.0 Å². The van der Waals surface area contributed by atoms with Crippen LogP contribution in [0.3, 0.4) is 0 Å². The highest BCUT2D eigenvalue weighted by atomic mass is 32.2. The summed E-state index contributed by atoms with van der Waals surface area (Å²) in [4.78, 5) is 8.63. The van der Waals surface area contributed by atoms with Gasteiger partial charge in [-0.25, -0.2) is 9.97 Å². The second-order valence-electron chi connectivity index (χ2n) is 3.60. The molecule has 0 saturated heterocycles. The number of halogens is 3. The molecule has 1 N–H and O–H groups in total. The molecule has 0 aliphatic heterocycles. The van der Waals surface area contributed by atoms with Crippen molar-refractivity contribution in [3.05, 3.63) is 11.9 Å². The van der Waals surface area contributed by atoms with Crippen molar-refractivity contribution in [1.82, 2.24) is 9.97 Å². The van der Waals surface area contributed by atoms with E-state index in [0.29, 0.717) is 6.54 Å². The van der Waals surface area contributed by atoms with Crippen molar-refractivity contribution >= 4 is 23.4 Å². The van der Waals surface area contributed by atoms with E-state index in [1.54, 1.807) is 23.7 Å². The maximum Gasteiger partial charge on any atom is 0.451 e. The van der Waals surface area contributed by atoms with Crippen LogP contribution in [0.1, 0.15) is 5.82 Å². The first kappa shape index (κ1) is 14.9. The number of nitrogens with zero attached hydrogens (tertiary/aromatic N) is 3. The normalized spacial score (nSPS) is 11.4. The molecule has 0 unspecified atom stereocenters. The maximum absolute atomic E-state index is 12.6. The van der Waals surface area contributed by atoms with Crippen molar-refractivity contribution in [2.45, 2.75) is 6.18 Å². The first-order chi connectivity index (χ1) is 8.38. The molecule has 1 rings (SSSR count). The van der Waals surface area contributed by atoms with E-state index in [0.717, 1.165) is 5.75 Å². The molecule has 0 saturated carbocycles. The predicted molar refractivity (Wildman–Crippen MR) is 68.2 cm³/mol. The van der Waals surface area contributed by atoms with E-state index in [2.05, 4.69) is 15.3 Å². The van der Waals surface area contributed by atoms with Gasteiger partial charge in [-0.1, -0.05) is 0 Å². The van der Waals surface area contributed by atoms with Crippen LogP contribution in [-0.2, 0) is 6.18 Å². The summed E-state index contributed by atoms with van der Waals surface area (Å²) < 4.78 is 37.9. The third kappa shape index (κ3) is 3.94. The van der Waals surface area contributed by atoms with Gasteiger partial charge in [0.15, 0.2) is 0 Å². The topological polar surface area (TPSA) is 41.0 Å². The highest BCUT2D eigenvalue weighted by Gasteiger charge is 2.35. The lowest BCUT2D eigenvalue weighted by atomic mass is 10.4. The Morgan fingerprint density at radius 2 is 2.06 bits per heavy atom. The number of nitrogens with one attached hydrogen (secondary N) is 1.